The maximum Gasteiger partial charge on any atom is 0.339 e. The zero-order chi connectivity index (χ0) is 14.4. The molecule has 102 valence electrons. The molecule has 0 bridgehead atoms. The molecule has 2 heteroatoms. The Labute approximate surface area is 123 Å². The van der Waals surface area contributed by atoms with E-state index >= 15 is 0 Å². The quantitative estimate of drug-likeness (QED) is 0.619. The standard InChI is InChI=1S/C19H14O2/c1-19(17-11-5-4-10-15(17)18(20)21-19)16-12-6-8-13-7-2-3-9-14(13)16/h2-12H,1H3/t19-/m0/s1. The van der Waals surface area contributed by atoms with Crippen molar-refractivity contribution in [1.29, 1.82) is 0 Å². The summed E-state index contributed by atoms with van der Waals surface area (Å²) in [6.07, 6.45) is 0. The van der Waals surface area contributed by atoms with E-state index in [1.165, 1.54) is 0 Å². The molecular formula is C19H14O2. The average Bonchev–Trinajstić information content (AvgIpc) is 2.80. The molecule has 0 aromatic heterocycles. The van der Waals surface area contributed by atoms with Gasteiger partial charge in [-0.25, -0.2) is 4.79 Å². The van der Waals surface area contributed by atoms with E-state index in [4.69, 9.17) is 4.74 Å². The number of hydrogen-bond acceptors (Lipinski definition) is 2. The molecule has 3 aromatic rings. The molecule has 21 heavy (non-hydrogen) atoms. The number of ether oxygens (including phenoxy) is 1. The van der Waals surface area contributed by atoms with Crippen molar-refractivity contribution in [1.82, 2.24) is 0 Å². The van der Waals surface area contributed by atoms with Crippen LogP contribution in [0.4, 0.5) is 0 Å². The third-order valence-corrected chi connectivity index (χ3v) is 4.26. The van der Waals surface area contributed by atoms with Crippen LogP contribution < -0.4 is 0 Å². The highest BCUT2D eigenvalue weighted by molar-refractivity contribution is 5.97. The molecule has 0 saturated heterocycles. The van der Waals surface area contributed by atoms with Crippen molar-refractivity contribution in [3.63, 3.8) is 0 Å². The van der Waals surface area contributed by atoms with Crippen molar-refractivity contribution in [2.24, 2.45) is 0 Å². The molecule has 1 atom stereocenters. The number of hydrogen-bond donors (Lipinski definition) is 0. The van der Waals surface area contributed by atoms with Gasteiger partial charge in [0, 0.05) is 11.1 Å². The van der Waals surface area contributed by atoms with Gasteiger partial charge in [-0.05, 0) is 23.8 Å². The minimum atomic E-state index is -0.728. The van der Waals surface area contributed by atoms with E-state index in [1.54, 1.807) is 0 Å². The van der Waals surface area contributed by atoms with Gasteiger partial charge in [0.25, 0.3) is 0 Å². The lowest BCUT2D eigenvalue weighted by atomic mass is 9.84. The van der Waals surface area contributed by atoms with E-state index in [0.29, 0.717) is 5.56 Å². The highest BCUT2D eigenvalue weighted by Crippen LogP contribution is 2.43. The molecule has 2 nitrogen and oxygen atoms in total. The zero-order valence-electron chi connectivity index (χ0n) is 11.7. The second kappa shape index (κ2) is 4.19. The molecule has 0 saturated carbocycles. The van der Waals surface area contributed by atoms with Crippen LogP contribution in [0.2, 0.25) is 0 Å². The number of rotatable bonds is 1. The van der Waals surface area contributed by atoms with E-state index < -0.39 is 5.60 Å². The summed E-state index contributed by atoms with van der Waals surface area (Å²) < 4.78 is 5.77. The Morgan fingerprint density at radius 1 is 0.810 bits per heavy atom. The monoisotopic (exact) mass is 274 g/mol. The van der Waals surface area contributed by atoms with Gasteiger partial charge in [0.1, 0.15) is 0 Å². The first kappa shape index (κ1) is 12.2. The fraction of sp³-hybridized carbons (Fsp3) is 0.105. The topological polar surface area (TPSA) is 26.3 Å². The molecule has 0 fully saturated rings. The largest absolute Gasteiger partial charge is 0.446 e. The number of esters is 1. The second-order valence-electron chi connectivity index (χ2n) is 5.50. The smallest absolute Gasteiger partial charge is 0.339 e. The number of benzene rings is 3. The summed E-state index contributed by atoms with van der Waals surface area (Å²) in [5.74, 6) is -0.249. The highest BCUT2D eigenvalue weighted by atomic mass is 16.6. The summed E-state index contributed by atoms with van der Waals surface area (Å²) in [5, 5.41) is 2.27. The van der Waals surface area contributed by atoms with Crippen molar-refractivity contribution < 1.29 is 9.53 Å². The Morgan fingerprint density at radius 2 is 1.48 bits per heavy atom. The molecule has 0 amide bonds. The SMILES string of the molecule is C[C@@]1(c2cccc3ccccc23)OC(=O)c2ccccc21. The number of cyclic esters (lactones) is 1. The third-order valence-electron chi connectivity index (χ3n) is 4.26. The maximum absolute atomic E-state index is 12.2. The first-order chi connectivity index (χ1) is 10.2. The Bertz CT molecular complexity index is 861. The van der Waals surface area contributed by atoms with Crippen LogP contribution in [0, 0.1) is 0 Å². The Hall–Kier alpha value is -2.61. The van der Waals surface area contributed by atoms with Crippen LogP contribution in [0.15, 0.2) is 66.7 Å². The molecule has 1 aliphatic rings. The van der Waals surface area contributed by atoms with Crippen molar-refractivity contribution in [3.8, 4) is 0 Å². The predicted molar refractivity (Wildman–Crippen MR) is 82.3 cm³/mol. The first-order valence-corrected chi connectivity index (χ1v) is 7.01. The molecule has 0 unspecified atom stereocenters. The minimum absolute atomic E-state index is 0.249. The van der Waals surface area contributed by atoms with Gasteiger partial charge in [0.05, 0.1) is 5.56 Å². The summed E-state index contributed by atoms with van der Waals surface area (Å²) in [4.78, 5) is 12.2. The van der Waals surface area contributed by atoms with Gasteiger partial charge in [0.2, 0.25) is 0 Å². The number of carbonyl (C=O) groups excluding carboxylic acids is 1. The van der Waals surface area contributed by atoms with Crippen LogP contribution in [0.1, 0.15) is 28.4 Å². The van der Waals surface area contributed by atoms with Crippen LogP contribution in [-0.2, 0) is 10.3 Å². The number of carbonyl (C=O) groups is 1. The summed E-state index contributed by atoms with van der Waals surface area (Å²) >= 11 is 0. The lowest BCUT2D eigenvalue weighted by Crippen LogP contribution is -2.23. The van der Waals surface area contributed by atoms with E-state index in [0.717, 1.165) is 21.9 Å². The summed E-state index contributed by atoms with van der Waals surface area (Å²) in [6.45, 7) is 1.97. The Morgan fingerprint density at radius 3 is 2.38 bits per heavy atom. The zero-order valence-corrected chi connectivity index (χ0v) is 11.7. The fourth-order valence-electron chi connectivity index (χ4n) is 3.21. The molecule has 1 aliphatic heterocycles. The van der Waals surface area contributed by atoms with Crippen LogP contribution in [-0.4, -0.2) is 5.97 Å². The molecule has 0 aliphatic carbocycles. The van der Waals surface area contributed by atoms with Gasteiger partial charge >= 0.3 is 5.97 Å². The second-order valence-corrected chi connectivity index (χ2v) is 5.50. The molecule has 4 rings (SSSR count). The molecule has 0 N–H and O–H groups in total. The van der Waals surface area contributed by atoms with E-state index in [1.807, 2.05) is 55.5 Å². The van der Waals surface area contributed by atoms with Gasteiger partial charge in [-0.15, -0.1) is 0 Å². The lowest BCUT2D eigenvalue weighted by Gasteiger charge is -2.26. The normalized spacial score (nSPS) is 20.3. The van der Waals surface area contributed by atoms with Gasteiger partial charge in [0.15, 0.2) is 5.60 Å². The van der Waals surface area contributed by atoms with Gasteiger partial charge < -0.3 is 4.74 Å². The molecule has 0 spiro atoms. The molecular weight excluding hydrogens is 260 g/mol. The fourth-order valence-corrected chi connectivity index (χ4v) is 3.21. The van der Waals surface area contributed by atoms with Crippen LogP contribution in [0.5, 0.6) is 0 Å². The summed E-state index contributed by atoms with van der Waals surface area (Å²) in [7, 11) is 0. The predicted octanol–water partition coefficient (Wildman–Crippen LogP) is 4.27. The van der Waals surface area contributed by atoms with E-state index in [9.17, 15) is 4.79 Å². The van der Waals surface area contributed by atoms with Crippen molar-refractivity contribution in [3.05, 3.63) is 83.4 Å². The van der Waals surface area contributed by atoms with Gasteiger partial charge in [-0.1, -0.05) is 60.7 Å². The Kier molecular flexibility index (Phi) is 2.43. The van der Waals surface area contributed by atoms with E-state index in [-0.39, 0.29) is 5.97 Å². The first-order valence-electron chi connectivity index (χ1n) is 7.01. The van der Waals surface area contributed by atoms with Crippen molar-refractivity contribution in [2.45, 2.75) is 12.5 Å². The minimum Gasteiger partial charge on any atom is -0.446 e. The summed E-state index contributed by atoms with van der Waals surface area (Å²) in [5.41, 5.74) is 1.90. The number of fused-ring (bicyclic) bond motifs is 2. The van der Waals surface area contributed by atoms with Crippen LogP contribution in [0.25, 0.3) is 10.8 Å². The maximum atomic E-state index is 12.2. The van der Waals surface area contributed by atoms with Crippen molar-refractivity contribution >= 4 is 16.7 Å². The summed E-state index contributed by atoms with van der Waals surface area (Å²) in [6, 6.07) is 21.9. The van der Waals surface area contributed by atoms with Crippen LogP contribution >= 0.6 is 0 Å². The molecule has 0 radical (unpaired) electrons. The Balaban J connectivity index is 2.03. The molecule has 3 aromatic carbocycles. The van der Waals surface area contributed by atoms with Crippen molar-refractivity contribution in [2.75, 3.05) is 0 Å². The van der Waals surface area contributed by atoms with Gasteiger partial charge in [-0.2, -0.15) is 0 Å². The van der Waals surface area contributed by atoms with Crippen LogP contribution in [0.3, 0.4) is 0 Å². The third kappa shape index (κ3) is 1.62. The van der Waals surface area contributed by atoms with E-state index in [2.05, 4.69) is 18.2 Å². The average molecular weight is 274 g/mol. The highest BCUT2D eigenvalue weighted by Gasteiger charge is 2.43. The van der Waals surface area contributed by atoms with Gasteiger partial charge in [-0.3, -0.25) is 0 Å². The molecule has 1 heterocycles. The lowest BCUT2D eigenvalue weighted by molar-refractivity contribution is 0.0185.